The number of morpholine rings is 1. The Balaban J connectivity index is 1.82. The van der Waals surface area contributed by atoms with Crippen LogP contribution in [0.15, 0.2) is 29.1 Å². The van der Waals surface area contributed by atoms with Crippen LogP contribution in [0.25, 0.3) is 10.9 Å². The zero-order valence-electron chi connectivity index (χ0n) is 14.8. The van der Waals surface area contributed by atoms with Gasteiger partial charge in [0.15, 0.2) is 5.82 Å². The van der Waals surface area contributed by atoms with Gasteiger partial charge in [0.25, 0.3) is 11.5 Å². The number of carbonyl (C=O) groups is 2. The number of hydrogen-bond donors (Lipinski definition) is 2. The predicted molar refractivity (Wildman–Crippen MR) is 95.9 cm³/mol. The van der Waals surface area contributed by atoms with Crippen molar-refractivity contribution in [2.45, 2.75) is 19.9 Å². The predicted octanol–water partition coefficient (Wildman–Crippen LogP) is 0.536. The van der Waals surface area contributed by atoms with Crippen molar-refractivity contribution in [2.24, 2.45) is 5.92 Å². The fraction of sp³-hybridized carbons (Fsp3) is 0.444. The van der Waals surface area contributed by atoms with Crippen LogP contribution in [0.1, 0.15) is 24.5 Å². The summed E-state index contributed by atoms with van der Waals surface area (Å²) in [5, 5.41) is 3.13. The average molecular weight is 358 g/mol. The van der Waals surface area contributed by atoms with Crippen molar-refractivity contribution in [1.82, 2.24) is 20.2 Å². The molecule has 0 saturated carbocycles. The van der Waals surface area contributed by atoms with E-state index in [4.69, 9.17) is 4.74 Å². The number of ether oxygens (including phenoxy) is 1. The van der Waals surface area contributed by atoms with Crippen LogP contribution < -0.4 is 10.9 Å². The van der Waals surface area contributed by atoms with Gasteiger partial charge in [-0.15, -0.1) is 0 Å². The number of amides is 2. The molecule has 1 aromatic heterocycles. The van der Waals surface area contributed by atoms with E-state index in [2.05, 4.69) is 15.3 Å². The Labute approximate surface area is 150 Å². The molecule has 26 heavy (non-hydrogen) atoms. The maximum atomic E-state index is 12.7. The number of benzene rings is 1. The smallest absolute Gasteiger partial charge is 0.287 e. The lowest BCUT2D eigenvalue weighted by Gasteiger charge is -2.32. The first-order chi connectivity index (χ1) is 12.5. The fourth-order valence-electron chi connectivity index (χ4n) is 2.90. The normalized spacial score (nSPS) is 15.9. The Bertz CT molecular complexity index is 871. The lowest BCUT2D eigenvalue weighted by atomic mass is 10.0. The molecule has 1 aliphatic heterocycles. The highest BCUT2D eigenvalue weighted by molar-refractivity contribution is 5.96. The van der Waals surface area contributed by atoms with E-state index in [9.17, 15) is 14.4 Å². The van der Waals surface area contributed by atoms with E-state index < -0.39 is 11.9 Å². The van der Waals surface area contributed by atoms with Crippen LogP contribution in [-0.4, -0.2) is 59.0 Å². The molecule has 8 heteroatoms. The van der Waals surface area contributed by atoms with Crippen molar-refractivity contribution in [1.29, 1.82) is 0 Å². The van der Waals surface area contributed by atoms with Gasteiger partial charge in [-0.1, -0.05) is 26.0 Å². The quantitative estimate of drug-likeness (QED) is 0.830. The first-order valence-electron chi connectivity index (χ1n) is 8.64. The van der Waals surface area contributed by atoms with E-state index in [1.807, 2.05) is 13.8 Å². The third-order valence-electron chi connectivity index (χ3n) is 4.37. The summed E-state index contributed by atoms with van der Waals surface area (Å²) >= 11 is 0. The second kappa shape index (κ2) is 7.65. The van der Waals surface area contributed by atoms with E-state index in [1.165, 1.54) is 0 Å². The van der Waals surface area contributed by atoms with Crippen molar-refractivity contribution in [3.63, 3.8) is 0 Å². The van der Waals surface area contributed by atoms with Gasteiger partial charge in [-0.3, -0.25) is 14.4 Å². The molecule has 0 radical (unpaired) electrons. The summed E-state index contributed by atoms with van der Waals surface area (Å²) in [6, 6.07) is 6.09. The molecule has 0 spiro atoms. The number of hydrogen-bond acceptors (Lipinski definition) is 5. The number of fused-ring (bicyclic) bond motifs is 1. The van der Waals surface area contributed by atoms with Crippen molar-refractivity contribution < 1.29 is 14.3 Å². The van der Waals surface area contributed by atoms with Crippen molar-refractivity contribution in [3.8, 4) is 0 Å². The zero-order valence-corrected chi connectivity index (χ0v) is 14.8. The van der Waals surface area contributed by atoms with Crippen LogP contribution in [0, 0.1) is 5.92 Å². The van der Waals surface area contributed by atoms with Crippen LogP contribution >= 0.6 is 0 Å². The molecule has 2 N–H and O–H groups in total. The van der Waals surface area contributed by atoms with Gasteiger partial charge in [0.1, 0.15) is 6.04 Å². The second-order valence-electron chi connectivity index (χ2n) is 6.56. The van der Waals surface area contributed by atoms with E-state index in [1.54, 1.807) is 29.2 Å². The number of aromatic amines is 1. The van der Waals surface area contributed by atoms with Gasteiger partial charge in [-0.25, -0.2) is 4.98 Å². The molecule has 0 unspecified atom stereocenters. The molecule has 1 atom stereocenters. The maximum Gasteiger partial charge on any atom is 0.287 e. The Hall–Kier alpha value is -2.74. The summed E-state index contributed by atoms with van der Waals surface area (Å²) in [6.45, 7) is 5.71. The van der Waals surface area contributed by atoms with Crippen molar-refractivity contribution in [2.75, 3.05) is 26.3 Å². The molecule has 138 valence electrons. The van der Waals surface area contributed by atoms with Gasteiger partial charge in [0, 0.05) is 13.1 Å². The number of para-hydroxylation sites is 1. The molecule has 2 heterocycles. The van der Waals surface area contributed by atoms with Crippen LogP contribution in [0.5, 0.6) is 0 Å². The molecule has 2 amide bonds. The molecule has 1 aromatic carbocycles. The first-order valence-corrected chi connectivity index (χ1v) is 8.64. The van der Waals surface area contributed by atoms with E-state index in [-0.39, 0.29) is 23.2 Å². The third kappa shape index (κ3) is 3.75. The summed E-state index contributed by atoms with van der Waals surface area (Å²) in [4.78, 5) is 45.9. The number of carbonyl (C=O) groups excluding carboxylic acids is 2. The average Bonchev–Trinajstić information content (AvgIpc) is 2.65. The van der Waals surface area contributed by atoms with Crippen LogP contribution in [0.2, 0.25) is 0 Å². The highest BCUT2D eigenvalue weighted by Crippen LogP contribution is 2.10. The molecule has 0 bridgehead atoms. The second-order valence-corrected chi connectivity index (χ2v) is 6.56. The standard InChI is InChI=1S/C18H22N4O4/c1-11(2)14(18(25)22-7-9-26-10-8-22)20-17(24)15-19-13-6-4-3-5-12(13)16(23)21-15/h3-6,11,14H,7-10H2,1-2H3,(H,20,24)(H,19,21,23)/t14-/m0/s1. The summed E-state index contributed by atoms with van der Waals surface area (Å²) in [5.41, 5.74) is 0.0448. The summed E-state index contributed by atoms with van der Waals surface area (Å²) < 4.78 is 5.26. The van der Waals surface area contributed by atoms with E-state index >= 15 is 0 Å². The third-order valence-corrected chi connectivity index (χ3v) is 4.37. The highest BCUT2D eigenvalue weighted by atomic mass is 16.5. The van der Waals surface area contributed by atoms with Gasteiger partial charge >= 0.3 is 0 Å². The van der Waals surface area contributed by atoms with Gasteiger partial charge in [-0.05, 0) is 18.1 Å². The monoisotopic (exact) mass is 358 g/mol. The topological polar surface area (TPSA) is 104 Å². The van der Waals surface area contributed by atoms with Crippen LogP contribution in [0.4, 0.5) is 0 Å². The number of rotatable bonds is 4. The summed E-state index contributed by atoms with van der Waals surface area (Å²) in [6.07, 6.45) is 0. The molecule has 1 saturated heterocycles. The Kier molecular flexibility index (Phi) is 5.32. The Morgan fingerprint density at radius 3 is 2.62 bits per heavy atom. The molecule has 1 fully saturated rings. The van der Waals surface area contributed by atoms with Crippen molar-refractivity contribution >= 4 is 22.7 Å². The van der Waals surface area contributed by atoms with Gasteiger partial charge in [-0.2, -0.15) is 0 Å². The van der Waals surface area contributed by atoms with Gasteiger partial charge in [0.05, 0.1) is 24.1 Å². The number of aromatic nitrogens is 2. The number of nitrogens with one attached hydrogen (secondary N) is 2. The van der Waals surface area contributed by atoms with Crippen LogP contribution in [-0.2, 0) is 9.53 Å². The number of H-pyrrole nitrogens is 1. The lowest BCUT2D eigenvalue weighted by molar-refractivity contribution is -0.138. The Morgan fingerprint density at radius 1 is 1.23 bits per heavy atom. The lowest BCUT2D eigenvalue weighted by Crippen LogP contribution is -2.54. The minimum Gasteiger partial charge on any atom is -0.378 e. The van der Waals surface area contributed by atoms with Gasteiger partial charge < -0.3 is 19.9 Å². The largest absolute Gasteiger partial charge is 0.378 e. The SMILES string of the molecule is CC(C)[C@H](NC(=O)c1nc2ccccc2c(=O)[nH]1)C(=O)N1CCOCC1. The first kappa shape index (κ1) is 18.1. The van der Waals surface area contributed by atoms with Gasteiger partial charge in [0.2, 0.25) is 5.91 Å². The highest BCUT2D eigenvalue weighted by Gasteiger charge is 2.30. The maximum absolute atomic E-state index is 12.7. The van der Waals surface area contributed by atoms with Crippen LogP contribution in [0.3, 0.4) is 0 Å². The zero-order chi connectivity index (χ0) is 18.7. The summed E-state index contributed by atoms with van der Waals surface area (Å²) in [7, 11) is 0. The van der Waals surface area contributed by atoms with E-state index in [0.29, 0.717) is 37.2 Å². The Morgan fingerprint density at radius 2 is 1.92 bits per heavy atom. The molecule has 8 nitrogen and oxygen atoms in total. The summed E-state index contributed by atoms with van der Waals surface area (Å²) in [5.74, 6) is -0.941. The fourth-order valence-corrected chi connectivity index (χ4v) is 2.90. The molecular formula is C18H22N4O4. The minimum atomic E-state index is -0.697. The minimum absolute atomic E-state index is 0.103. The molecule has 1 aliphatic rings. The molecule has 0 aliphatic carbocycles. The van der Waals surface area contributed by atoms with E-state index in [0.717, 1.165) is 0 Å². The van der Waals surface area contributed by atoms with Crippen molar-refractivity contribution in [3.05, 3.63) is 40.4 Å². The molecule has 3 rings (SSSR count). The molecule has 2 aromatic rings. The molecular weight excluding hydrogens is 336 g/mol. The number of nitrogens with zero attached hydrogens (tertiary/aromatic N) is 2.